The van der Waals surface area contributed by atoms with Crippen molar-refractivity contribution in [3.63, 3.8) is 0 Å². The standard InChI is InChI=1S/C18H17ClN4O/c1-12-3-4-13(19)9-16(12)23-18-10-17(20-11-21-18)22-14-5-7-15(24-2)8-6-14/h3-11H,1-2H3,(H2,20,21,22,23). The summed E-state index contributed by atoms with van der Waals surface area (Å²) >= 11 is 6.05. The van der Waals surface area contributed by atoms with Gasteiger partial charge in [-0.3, -0.25) is 0 Å². The first kappa shape index (κ1) is 16.1. The Morgan fingerprint density at radius 3 is 2.33 bits per heavy atom. The lowest BCUT2D eigenvalue weighted by Gasteiger charge is -2.11. The Bertz CT molecular complexity index is 837. The van der Waals surface area contributed by atoms with E-state index in [2.05, 4.69) is 20.6 Å². The number of nitrogens with zero attached hydrogens (tertiary/aromatic N) is 2. The zero-order chi connectivity index (χ0) is 16.9. The number of methoxy groups -OCH3 is 1. The molecule has 0 spiro atoms. The highest BCUT2D eigenvalue weighted by Crippen LogP contribution is 2.25. The third-order valence-corrected chi connectivity index (χ3v) is 3.73. The summed E-state index contributed by atoms with van der Waals surface area (Å²) in [5, 5.41) is 7.17. The van der Waals surface area contributed by atoms with Gasteiger partial charge in [0, 0.05) is 22.5 Å². The van der Waals surface area contributed by atoms with Crippen molar-refractivity contribution in [1.29, 1.82) is 0 Å². The number of anilines is 4. The van der Waals surface area contributed by atoms with Crippen LogP contribution in [0, 0.1) is 6.92 Å². The lowest BCUT2D eigenvalue weighted by atomic mass is 10.2. The molecule has 6 heteroatoms. The molecule has 0 unspecified atom stereocenters. The maximum Gasteiger partial charge on any atom is 0.135 e. The van der Waals surface area contributed by atoms with E-state index < -0.39 is 0 Å². The van der Waals surface area contributed by atoms with Crippen LogP contribution in [0.4, 0.5) is 23.0 Å². The number of hydrogen-bond donors (Lipinski definition) is 2. The Morgan fingerprint density at radius 2 is 1.62 bits per heavy atom. The van der Waals surface area contributed by atoms with Crippen molar-refractivity contribution in [2.45, 2.75) is 6.92 Å². The summed E-state index contributed by atoms with van der Waals surface area (Å²) in [6, 6.07) is 15.2. The van der Waals surface area contributed by atoms with Crippen molar-refractivity contribution in [2.24, 2.45) is 0 Å². The van der Waals surface area contributed by atoms with E-state index in [9.17, 15) is 0 Å². The van der Waals surface area contributed by atoms with E-state index in [1.807, 2.05) is 55.5 Å². The van der Waals surface area contributed by atoms with Crippen LogP contribution in [0.15, 0.2) is 54.9 Å². The summed E-state index contributed by atoms with van der Waals surface area (Å²) in [5.74, 6) is 2.19. The zero-order valence-electron chi connectivity index (χ0n) is 13.4. The molecule has 0 atom stereocenters. The fourth-order valence-corrected chi connectivity index (χ4v) is 2.36. The van der Waals surface area contributed by atoms with Crippen LogP contribution in [0.1, 0.15) is 5.56 Å². The minimum Gasteiger partial charge on any atom is -0.497 e. The number of hydrogen-bond acceptors (Lipinski definition) is 5. The fraction of sp³-hybridized carbons (Fsp3) is 0.111. The van der Waals surface area contributed by atoms with Gasteiger partial charge in [0.1, 0.15) is 23.7 Å². The lowest BCUT2D eigenvalue weighted by Crippen LogP contribution is -1.99. The summed E-state index contributed by atoms with van der Waals surface area (Å²) < 4.78 is 5.15. The molecule has 0 fully saturated rings. The fourth-order valence-electron chi connectivity index (χ4n) is 2.18. The van der Waals surface area contributed by atoms with E-state index in [1.54, 1.807) is 7.11 Å². The first-order valence-electron chi connectivity index (χ1n) is 7.40. The topological polar surface area (TPSA) is 59.1 Å². The number of rotatable bonds is 5. The molecule has 2 N–H and O–H groups in total. The Labute approximate surface area is 145 Å². The molecule has 0 amide bonds. The predicted molar refractivity (Wildman–Crippen MR) is 97.8 cm³/mol. The highest BCUT2D eigenvalue weighted by molar-refractivity contribution is 6.30. The maximum atomic E-state index is 6.05. The molecule has 0 saturated carbocycles. The van der Waals surface area contributed by atoms with Crippen molar-refractivity contribution in [3.8, 4) is 5.75 Å². The molecule has 3 aromatic rings. The molecule has 0 saturated heterocycles. The number of nitrogens with one attached hydrogen (secondary N) is 2. The molecule has 3 rings (SSSR count). The van der Waals surface area contributed by atoms with E-state index in [-0.39, 0.29) is 0 Å². The van der Waals surface area contributed by atoms with Gasteiger partial charge in [-0.2, -0.15) is 0 Å². The van der Waals surface area contributed by atoms with Crippen LogP contribution in [0.5, 0.6) is 5.75 Å². The Hall–Kier alpha value is -2.79. The second-order valence-electron chi connectivity index (χ2n) is 5.23. The van der Waals surface area contributed by atoms with Gasteiger partial charge in [0.25, 0.3) is 0 Å². The molecule has 0 radical (unpaired) electrons. The number of aryl methyl sites for hydroxylation is 1. The van der Waals surface area contributed by atoms with Crippen LogP contribution in [0.25, 0.3) is 0 Å². The van der Waals surface area contributed by atoms with Gasteiger partial charge in [0.05, 0.1) is 7.11 Å². The highest BCUT2D eigenvalue weighted by atomic mass is 35.5. The molecule has 2 aromatic carbocycles. The van der Waals surface area contributed by atoms with Crippen LogP contribution in [-0.2, 0) is 0 Å². The van der Waals surface area contributed by atoms with Crippen LogP contribution in [-0.4, -0.2) is 17.1 Å². The number of benzene rings is 2. The van der Waals surface area contributed by atoms with E-state index in [4.69, 9.17) is 16.3 Å². The summed E-state index contributed by atoms with van der Waals surface area (Å²) in [7, 11) is 1.64. The minimum atomic E-state index is 0.675. The molecule has 24 heavy (non-hydrogen) atoms. The first-order valence-corrected chi connectivity index (χ1v) is 7.78. The number of ether oxygens (including phenoxy) is 1. The van der Waals surface area contributed by atoms with Gasteiger partial charge in [0.2, 0.25) is 0 Å². The average molecular weight is 341 g/mol. The minimum absolute atomic E-state index is 0.675. The van der Waals surface area contributed by atoms with Crippen molar-refractivity contribution in [1.82, 2.24) is 9.97 Å². The molecular weight excluding hydrogens is 324 g/mol. The molecule has 122 valence electrons. The van der Waals surface area contributed by atoms with Crippen LogP contribution in [0.2, 0.25) is 5.02 Å². The van der Waals surface area contributed by atoms with Gasteiger partial charge in [-0.1, -0.05) is 17.7 Å². The molecule has 5 nitrogen and oxygen atoms in total. The molecule has 0 aliphatic rings. The van der Waals surface area contributed by atoms with Crippen LogP contribution < -0.4 is 15.4 Å². The van der Waals surface area contributed by atoms with Crippen molar-refractivity contribution in [3.05, 3.63) is 65.4 Å². The summed E-state index contributed by atoms with van der Waals surface area (Å²) in [4.78, 5) is 8.49. The van der Waals surface area contributed by atoms with E-state index in [1.165, 1.54) is 6.33 Å². The molecule has 0 bridgehead atoms. The van der Waals surface area contributed by atoms with E-state index >= 15 is 0 Å². The summed E-state index contributed by atoms with van der Waals surface area (Å²) in [5.41, 5.74) is 2.92. The Morgan fingerprint density at radius 1 is 0.917 bits per heavy atom. The van der Waals surface area contributed by atoms with Gasteiger partial charge in [-0.25, -0.2) is 9.97 Å². The summed E-state index contributed by atoms with van der Waals surface area (Å²) in [6.07, 6.45) is 1.51. The second kappa shape index (κ2) is 7.19. The smallest absolute Gasteiger partial charge is 0.135 e. The summed E-state index contributed by atoms with van der Waals surface area (Å²) in [6.45, 7) is 2.01. The number of aromatic nitrogens is 2. The maximum absolute atomic E-state index is 6.05. The number of halogens is 1. The SMILES string of the molecule is COc1ccc(Nc2cc(Nc3cc(Cl)ccc3C)ncn2)cc1. The zero-order valence-corrected chi connectivity index (χ0v) is 14.1. The van der Waals surface area contributed by atoms with E-state index in [0.29, 0.717) is 16.7 Å². The van der Waals surface area contributed by atoms with Gasteiger partial charge in [-0.15, -0.1) is 0 Å². The van der Waals surface area contributed by atoms with Gasteiger partial charge < -0.3 is 15.4 Å². The monoisotopic (exact) mass is 340 g/mol. The van der Waals surface area contributed by atoms with Crippen molar-refractivity contribution >= 4 is 34.6 Å². The normalized spacial score (nSPS) is 10.3. The Kier molecular flexibility index (Phi) is 4.82. The van der Waals surface area contributed by atoms with Crippen molar-refractivity contribution < 1.29 is 4.74 Å². The second-order valence-corrected chi connectivity index (χ2v) is 5.66. The average Bonchev–Trinajstić information content (AvgIpc) is 2.59. The first-order chi connectivity index (χ1) is 11.6. The largest absolute Gasteiger partial charge is 0.497 e. The van der Waals surface area contributed by atoms with Gasteiger partial charge in [-0.05, 0) is 48.9 Å². The molecule has 1 aromatic heterocycles. The Balaban J connectivity index is 1.77. The van der Waals surface area contributed by atoms with Crippen LogP contribution in [0.3, 0.4) is 0 Å². The quantitative estimate of drug-likeness (QED) is 0.689. The van der Waals surface area contributed by atoms with Crippen molar-refractivity contribution in [2.75, 3.05) is 17.7 Å². The lowest BCUT2D eigenvalue weighted by molar-refractivity contribution is 0.415. The van der Waals surface area contributed by atoms with Crippen LogP contribution >= 0.6 is 11.6 Å². The third kappa shape index (κ3) is 3.94. The van der Waals surface area contributed by atoms with Gasteiger partial charge in [0.15, 0.2) is 0 Å². The molecular formula is C18H17ClN4O. The molecule has 1 heterocycles. The third-order valence-electron chi connectivity index (χ3n) is 3.49. The van der Waals surface area contributed by atoms with Gasteiger partial charge >= 0.3 is 0 Å². The van der Waals surface area contributed by atoms with E-state index in [0.717, 1.165) is 22.7 Å². The predicted octanol–water partition coefficient (Wildman–Crippen LogP) is 4.93. The molecule has 0 aliphatic heterocycles. The highest BCUT2D eigenvalue weighted by Gasteiger charge is 2.04. The molecule has 0 aliphatic carbocycles.